The quantitative estimate of drug-likeness (QED) is 0.410. The molecule has 1 N–H and O–H groups in total. The van der Waals surface area contributed by atoms with E-state index in [9.17, 15) is 5.11 Å². The molecule has 3 heteroatoms. The molecule has 0 heterocycles. The fraction of sp³-hybridized carbons (Fsp3) is 0.357. The van der Waals surface area contributed by atoms with Crippen molar-refractivity contribution in [3.8, 4) is 16.9 Å². The van der Waals surface area contributed by atoms with E-state index in [0.29, 0.717) is 16.6 Å². The van der Waals surface area contributed by atoms with Crippen LogP contribution in [0.5, 0.6) is 5.75 Å². The van der Waals surface area contributed by atoms with E-state index in [4.69, 9.17) is 4.43 Å². The summed E-state index contributed by atoms with van der Waals surface area (Å²) in [5.74, 6) is 0.912. The number of benzene rings is 3. The van der Waals surface area contributed by atoms with Gasteiger partial charge in [0.2, 0.25) is 0 Å². The van der Waals surface area contributed by atoms with Crippen molar-refractivity contribution < 1.29 is 9.53 Å². The molecule has 0 aliphatic heterocycles. The van der Waals surface area contributed by atoms with Crippen molar-refractivity contribution in [3.05, 3.63) is 89.5 Å². The lowest BCUT2D eigenvalue weighted by atomic mass is 9.84. The van der Waals surface area contributed by atoms with Gasteiger partial charge in [-0.1, -0.05) is 102 Å². The molecule has 1 aliphatic rings. The van der Waals surface area contributed by atoms with Gasteiger partial charge in [0.25, 0.3) is 8.32 Å². The molecule has 31 heavy (non-hydrogen) atoms. The summed E-state index contributed by atoms with van der Waals surface area (Å²) in [4.78, 5) is 0. The lowest BCUT2D eigenvalue weighted by Crippen LogP contribution is -2.50. The van der Waals surface area contributed by atoms with Gasteiger partial charge in [0.1, 0.15) is 11.4 Å². The first kappa shape index (κ1) is 21.9. The second-order valence-corrected chi connectivity index (χ2v) is 15.1. The number of fused-ring (bicyclic) bond motifs is 3. The van der Waals surface area contributed by atoms with Crippen LogP contribution in [0, 0.1) is 0 Å². The number of hydrogen-bond acceptors (Lipinski definition) is 2. The van der Waals surface area contributed by atoms with Crippen LogP contribution in [0.15, 0.2) is 72.8 Å². The minimum atomic E-state index is -2.01. The van der Waals surface area contributed by atoms with Crippen LogP contribution >= 0.6 is 0 Å². The van der Waals surface area contributed by atoms with E-state index in [-0.39, 0.29) is 0 Å². The van der Waals surface area contributed by atoms with Gasteiger partial charge in [-0.05, 0) is 45.4 Å². The predicted molar refractivity (Wildman–Crippen MR) is 132 cm³/mol. The van der Waals surface area contributed by atoms with Crippen molar-refractivity contribution in [1.82, 2.24) is 0 Å². The molecular weight excluding hydrogens is 396 g/mol. The Kier molecular flexibility index (Phi) is 5.61. The molecule has 4 rings (SSSR count). The normalized spacial score (nSPS) is 14.8. The van der Waals surface area contributed by atoms with Gasteiger partial charge < -0.3 is 9.53 Å². The zero-order chi connectivity index (χ0) is 22.4. The minimum absolute atomic E-state index is 0.518. The van der Waals surface area contributed by atoms with Gasteiger partial charge in [-0.15, -0.1) is 0 Å². The minimum Gasteiger partial charge on any atom is -0.543 e. The monoisotopic (exact) mass is 430 g/mol. The molecule has 0 bridgehead atoms. The Morgan fingerprint density at radius 3 is 1.48 bits per heavy atom. The Labute approximate surface area is 188 Å². The van der Waals surface area contributed by atoms with Crippen molar-refractivity contribution in [2.45, 2.75) is 63.8 Å². The van der Waals surface area contributed by atoms with Gasteiger partial charge in [-0.2, -0.15) is 0 Å². The van der Waals surface area contributed by atoms with E-state index in [2.05, 4.69) is 53.7 Å². The fourth-order valence-electron chi connectivity index (χ4n) is 5.84. The highest BCUT2D eigenvalue weighted by molar-refractivity contribution is 6.78. The number of aliphatic hydroxyl groups is 1. The van der Waals surface area contributed by atoms with E-state index in [1.54, 1.807) is 0 Å². The maximum atomic E-state index is 12.0. The first-order valence-electron chi connectivity index (χ1n) is 11.4. The summed E-state index contributed by atoms with van der Waals surface area (Å²) in [5, 5.41) is 12.0. The fourth-order valence-corrected chi connectivity index (χ4v) is 11.1. The molecule has 3 aromatic rings. The van der Waals surface area contributed by atoms with Crippen LogP contribution in [0.3, 0.4) is 0 Å². The summed E-state index contributed by atoms with van der Waals surface area (Å²) in [6.45, 7) is 13.8. The predicted octanol–water partition coefficient (Wildman–Crippen LogP) is 7.51. The van der Waals surface area contributed by atoms with Crippen LogP contribution in [0.2, 0.25) is 16.6 Å². The summed E-state index contributed by atoms with van der Waals surface area (Å²) >= 11 is 0. The lowest BCUT2D eigenvalue weighted by molar-refractivity contribution is 0.130. The van der Waals surface area contributed by atoms with Crippen LogP contribution < -0.4 is 4.43 Å². The number of rotatable bonds is 6. The van der Waals surface area contributed by atoms with E-state index in [0.717, 1.165) is 33.6 Å². The Morgan fingerprint density at radius 2 is 1.06 bits per heavy atom. The van der Waals surface area contributed by atoms with Crippen molar-refractivity contribution in [2.24, 2.45) is 0 Å². The maximum Gasteiger partial charge on any atom is 0.258 e. The summed E-state index contributed by atoms with van der Waals surface area (Å²) in [7, 11) is -2.01. The highest BCUT2D eigenvalue weighted by atomic mass is 28.4. The lowest BCUT2D eigenvalue weighted by Gasteiger charge is -2.42. The van der Waals surface area contributed by atoms with Crippen molar-refractivity contribution in [3.63, 3.8) is 0 Å². The third-order valence-corrected chi connectivity index (χ3v) is 13.2. The molecule has 0 saturated carbocycles. The smallest absolute Gasteiger partial charge is 0.258 e. The molecule has 0 fully saturated rings. The highest BCUT2D eigenvalue weighted by Gasteiger charge is 2.47. The molecule has 1 aliphatic carbocycles. The molecule has 0 radical (unpaired) electrons. The van der Waals surface area contributed by atoms with Crippen LogP contribution in [0.4, 0.5) is 0 Å². The average molecular weight is 431 g/mol. The van der Waals surface area contributed by atoms with Gasteiger partial charge in [-0.25, -0.2) is 0 Å². The van der Waals surface area contributed by atoms with Crippen molar-refractivity contribution in [2.75, 3.05) is 0 Å². The summed E-state index contributed by atoms with van der Waals surface area (Å²) in [6, 6.07) is 24.5. The highest BCUT2D eigenvalue weighted by Crippen LogP contribution is 2.51. The first-order valence-corrected chi connectivity index (χ1v) is 13.6. The van der Waals surface area contributed by atoms with Gasteiger partial charge in [0.15, 0.2) is 0 Å². The summed E-state index contributed by atoms with van der Waals surface area (Å²) in [6.07, 6.45) is 0. The maximum absolute atomic E-state index is 12.0. The third kappa shape index (κ3) is 3.26. The molecule has 0 saturated heterocycles. The Hall–Kier alpha value is -2.36. The van der Waals surface area contributed by atoms with Gasteiger partial charge >= 0.3 is 0 Å². The SMILES string of the molecule is CC(C)[Si](Oc1ccc(C2(O)c3ccccc3-c3ccccc32)cc1)(C(C)C)C(C)C. The van der Waals surface area contributed by atoms with Gasteiger partial charge in [-0.3, -0.25) is 0 Å². The molecule has 2 nitrogen and oxygen atoms in total. The topological polar surface area (TPSA) is 29.5 Å². The zero-order valence-electron chi connectivity index (χ0n) is 19.5. The summed E-state index contributed by atoms with van der Waals surface area (Å²) < 4.78 is 6.83. The second kappa shape index (κ2) is 7.96. The third-order valence-electron chi connectivity index (χ3n) is 7.20. The standard InChI is InChI=1S/C28H34O2Si/c1-19(2)31(20(3)4,21(5)6)30-23-17-15-22(16-18-23)28(29)26-13-9-7-11-24(26)25-12-8-10-14-27(25)28/h7-21,29H,1-6H3. The molecule has 0 aromatic heterocycles. The van der Waals surface area contributed by atoms with E-state index < -0.39 is 13.9 Å². The molecule has 0 atom stereocenters. The second-order valence-electron chi connectivity index (χ2n) is 9.75. The molecular formula is C28H34O2Si. The molecule has 3 aromatic carbocycles. The van der Waals surface area contributed by atoms with Crippen LogP contribution in [-0.4, -0.2) is 13.4 Å². The van der Waals surface area contributed by atoms with E-state index in [1.165, 1.54) is 0 Å². The van der Waals surface area contributed by atoms with E-state index >= 15 is 0 Å². The summed E-state index contributed by atoms with van der Waals surface area (Å²) in [5.41, 5.74) is 5.38. The molecule has 0 amide bonds. The zero-order valence-corrected chi connectivity index (χ0v) is 20.5. The van der Waals surface area contributed by atoms with Crippen LogP contribution in [0.1, 0.15) is 58.2 Å². The van der Waals surface area contributed by atoms with Crippen LogP contribution in [0.25, 0.3) is 11.1 Å². The van der Waals surface area contributed by atoms with Gasteiger partial charge in [0.05, 0.1) is 0 Å². The Bertz CT molecular complexity index is 999. The largest absolute Gasteiger partial charge is 0.543 e. The molecule has 0 unspecified atom stereocenters. The van der Waals surface area contributed by atoms with Gasteiger partial charge in [0, 0.05) is 11.1 Å². The number of hydrogen-bond donors (Lipinski definition) is 1. The Balaban J connectivity index is 1.75. The first-order chi connectivity index (χ1) is 14.7. The van der Waals surface area contributed by atoms with Crippen molar-refractivity contribution in [1.29, 1.82) is 0 Å². The molecule has 162 valence electrons. The van der Waals surface area contributed by atoms with Crippen molar-refractivity contribution >= 4 is 8.32 Å². The van der Waals surface area contributed by atoms with Crippen LogP contribution in [-0.2, 0) is 5.60 Å². The molecule has 0 spiro atoms. The van der Waals surface area contributed by atoms with E-state index in [1.807, 2.05) is 60.7 Å². The average Bonchev–Trinajstić information content (AvgIpc) is 3.02. The Morgan fingerprint density at radius 1 is 0.645 bits per heavy atom.